The maximum absolute atomic E-state index is 13.1. The van der Waals surface area contributed by atoms with Gasteiger partial charge in [-0.05, 0) is 34.9 Å². The van der Waals surface area contributed by atoms with Crippen LogP contribution < -0.4 is 11.1 Å². The van der Waals surface area contributed by atoms with Crippen molar-refractivity contribution in [2.75, 3.05) is 13.1 Å². The summed E-state index contributed by atoms with van der Waals surface area (Å²) < 4.78 is 0. The summed E-state index contributed by atoms with van der Waals surface area (Å²) in [6, 6.07) is 16.0. The smallest absolute Gasteiger partial charge is 0.326 e. The number of benzene rings is 2. The minimum atomic E-state index is -1.11. The van der Waals surface area contributed by atoms with Gasteiger partial charge in [0.2, 0.25) is 5.91 Å². The number of carbonyl (C=O) groups is 3. The number of urea groups is 1. The average molecular weight is 482 g/mol. The van der Waals surface area contributed by atoms with Crippen LogP contribution in [0.4, 0.5) is 4.79 Å². The van der Waals surface area contributed by atoms with Crippen LogP contribution in [0, 0.1) is 17.8 Å². The largest absolute Gasteiger partial charge is 0.480 e. The molecule has 2 rings (SSSR count). The van der Waals surface area contributed by atoms with Crippen molar-refractivity contribution in [2.45, 2.75) is 53.0 Å². The van der Waals surface area contributed by atoms with Gasteiger partial charge in [0.15, 0.2) is 0 Å². The molecule has 0 bridgehead atoms. The number of nitrogens with one attached hydrogen (secondary N) is 1. The fourth-order valence-electron chi connectivity index (χ4n) is 3.95. The number of nitrogens with zero attached hydrogens (tertiary/aromatic N) is 1. The van der Waals surface area contributed by atoms with Crippen molar-refractivity contribution in [1.29, 1.82) is 0 Å². The molecule has 190 valence electrons. The van der Waals surface area contributed by atoms with Crippen molar-refractivity contribution in [3.63, 3.8) is 0 Å². The number of carbonyl (C=O) groups excluding carboxylic acids is 2. The predicted molar refractivity (Wildman–Crippen MR) is 139 cm³/mol. The fraction of sp³-hybridized carbons (Fsp3) is 0.464. The lowest BCUT2D eigenvalue weighted by Gasteiger charge is -2.29. The van der Waals surface area contributed by atoms with Crippen LogP contribution in [0.3, 0.4) is 0 Å². The molecule has 0 aromatic heterocycles. The summed E-state index contributed by atoms with van der Waals surface area (Å²) in [7, 11) is 0. The Morgan fingerprint density at radius 1 is 0.857 bits per heavy atom. The first-order valence-corrected chi connectivity index (χ1v) is 12.3. The van der Waals surface area contributed by atoms with E-state index in [4.69, 9.17) is 5.73 Å². The molecule has 3 amide bonds. The molecule has 35 heavy (non-hydrogen) atoms. The minimum absolute atomic E-state index is 0.146. The predicted octanol–water partition coefficient (Wildman–Crippen LogP) is 4.55. The van der Waals surface area contributed by atoms with Gasteiger partial charge in [0, 0.05) is 19.5 Å². The van der Waals surface area contributed by atoms with Gasteiger partial charge in [0.1, 0.15) is 6.04 Å². The first-order valence-electron chi connectivity index (χ1n) is 12.3. The second-order valence-electron chi connectivity index (χ2n) is 9.98. The van der Waals surface area contributed by atoms with Crippen molar-refractivity contribution in [1.82, 2.24) is 10.2 Å². The first kappa shape index (κ1) is 27.9. The topological polar surface area (TPSA) is 113 Å². The van der Waals surface area contributed by atoms with E-state index >= 15 is 0 Å². The van der Waals surface area contributed by atoms with E-state index in [9.17, 15) is 19.5 Å². The van der Waals surface area contributed by atoms with Crippen molar-refractivity contribution in [3.05, 3.63) is 60.2 Å². The lowest BCUT2D eigenvalue weighted by Crippen LogP contribution is -2.51. The highest BCUT2D eigenvalue weighted by Crippen LogP contribution is 2.20. The molecule has 0 saturated heterocycles. The Labute approximate surface area is 208 Å². The SMILES string of the molecule is CC(C)CC[C@@H](CN(CC(C)C)C(=O)N[C@@H](Cc1ccc(-c2ccccc2)cc1)C(=O)O)C(N)=O. The Hall–Kier alpha value is -3.35. The summed E-state index contributed by atoms with van der Waals surface area (Å²) in [5.41, 5.74) is 8.53. The Kier molecular flexibility index (Phi) is 10.8. The summed E-state index contributed by atoms with van der Waals surface area (Å²) in [5, 5.41) is 12.4. The number of amides is 3. The lowest BCUT2D eigenvalue weighted by molar-refractivity contribution is -0.139. The van der Waals surface area contributed by atoms with Crippen LogP contribution in [0.5, 0.6) is 0 Å². The molecule has 2 aromatic carbocycles. The van der Waals surface area contributed by atoms with Gasteiger partial charge < -0.3 is 21.1 Å². The van der Waals surface area contributed by atoms with Crippen LogP contribution in [0.1, 0.15) is 46.1 Å². The lowest BCUT2D eigenvalue weighted by atomic mass is 9.96. The monoisotopic (exact) mass is 481 g/mol. The van der Waals surface area contributed by atoms with E-state index in [0.29, 0.717) is 18.9 Å². The van der Waals surface area contributed by atoms with Crippen LogP contribution in [0.25, 0.3) is 11.1 Å². The molecule has 0 saturated carbocycles. The maximum Gasteiger partial charge on any atom is 0.326 e. The van der Waals surface area contributed by atoms with E-state index in [-0.39, 0.29) is 18.9 Å². The zero-order chi connectivity index (χ0) is 26.0. The molecule has 0 aliphatic rings. The number of rotatable bonds is 13. The summed E-state index contributed by atoms with van der Waals surface area (Å²) in [6.07, 6.45) is 1.56. The van der Waals surface area contributed by atoms with Gasteiger partial charge in [-0.15, -0.1) is 0 Å². The van der Waals surface area contributed by atoms with Gasteiger partial charge in [0.25, 0.3) is 0 Å². The number of carboxylic acid groups (broad SMARTS) is 1. The van der Waals surface area contributed by atoms with Crippen LogP contribution in [-0.4, -0.2) is 47.0 Å². The number of carboxylic acids is 1. The van der Waals surface area contributed by atoms with Crippen molar-refractivity contribution in [2.24, 2.45) is 23.5 Å². The van der Waals surface area contributed by atoms with E-state index in [0.717, 1.165) is 23.1 Å². The molecule has 2 atom stereocenters. The average Bonchev–Trinajstić information content (AvgIpc) is 2.80. The molecule has 7 nitrogen and oxygen atoms in total. The van der Waals surface area contributed by atoms with Crippen LogP contribution in [0.15, 0.2) is 54.6 Å². The molecule has 0 heterocycles. The number of aliphatic carboxylic acids is 1. The molecule has 2 aromatic rings. The van der Waals surface area contributed by atoms with Crippen LogP contribution >= 0.6 is 0 Å². The summed E-state index contributed by atoms with van der Waals surface area (Å²) in [6.45, 7) is 8.65. The third-order valence-electron chi connectivity index (χ3n) is 5.91. The molecule has 4 N–H and O–H groups in total. The standard InChI is InChI=1S/C28H39N3O4/c1-19(2)10-13-24(26(29)32)18-31(17-20(3)4)28(35)30-25(27(33)34)16-21-11-14-23(15-12-21)22-8-6-5-7-9-22/h5-9,11-12,14-15,19-20,24-25H,10,13,16-18H2,1-4H3,(H2,29,32)(H,30,35)(H,33,34)/t24-,25-/m0/s1. The second kappa shape index (κ2) is 13.5. The minimum Gasteiger partial charge on any atom is -0.480 e. The second-order valence-corrected chi connectivity index (χ2v) is 9.98. The summed E-state index contributed by atoms with van der Waals surface area (Å²) in [5.74, 6) is -1.47. The molecule has 7 heteroatoms. The Bertz CT molecular complexity index is 958. The first-order chi connectivity index (χ1) is 16.6. The highest BCUT2D eigenvalue weighted by Gasteiger charge is 2.27. The fourth-order valence-corrected chi connectivity index (χ4v) is 3.95. The van der Waals surface area contributed by atoms with Gasteiger partial charge in [-0.1, -0.05) is 88.7 Å². The van der Waals surface area contributed by atoms with Gasteiger partial charge in [-0.2, -0.15) is 0 Å². The Morgan fingerprint density at radius 3 is 1.97 bits per heavy atom. The Balaban J connectivity index is 2.11. The van der Waals surface area contributed by atoms with E-state index in [1.807, 2.05) is 68.4 Å². The van der Waals surface area contributed by atoms with Crippen LogP contribution in [0.2, 0.25) is 0 Å². The zero-order valence-electron chi connectivity index (χ0n) is 21.2. The van der Waals surface area contributed by atoms with E-state index < -0.39 is 29.9 Å². The normalized spacial score (nSPS) is 12.9. The zero-order valence-corrected chi connectivity index (χ0v) is 21.2. The van der Waals surface area contributed by atoms with E-state index in [1.165, 1.54) is 4.90 Å². The van der Waals surface area contributed by atoms with Gasteiger partial charge >= 0.3 is 12.0 Å². The van der Waals surface area contributed by atoms with E-state index in [2.05, 4.69) is 19.2 Å². The molecule has 0 aliphatic carbocycles. The highest BCUT2D eigenvalue weighted by molar-refractivity contribution is 5.83. The number of hydrogen-bond acceptors (Lipinski definition) is 3. The molecule has 0 aliphatic heterocycles. The number of hydrogen-bond donors (Lipinski definition) is 3. The van der Waals surface area contributed by atoms with Gasteiger partial charge in [-0.25, -0.2) is 9.59 Å². The quantitative estimate of drug-likeness (QED) is 0.389. The molecular formula is C28H39N3O4. The molecular weight excluding hydrogens is 442 g/mol. The third kappa shape index (κ3) is 9.43. The van der Waals surface area contributed by atoms with Crippen molar-refractivity contribution in [3.8, 4) is 11.1 Å². The highest BCUT2D eigenvalue weighted by atomic mass is 16.4. The third-order valence-corrected chi connectivity index (χ3v) is 5.91. The van der Waals surface area contributed by atoms with Crippen LogP contribution in [-0.2, 0) is 16.0 Å². The number of primary amides is 1. The summed E-state index contributed by atoms with van der Waals surface area (Å²) in [4.78, 5) is 38.6. The Morgan fingerprint density at radius 2 is 1.46 bits per heavy atom. The van der Waals surface area contributed by atoms with E-state index in [1.54, 1.807) is 0 Å². The maximum atomic E-state index is 13.1. The molecule has 0 spiro atoms. The number of nitrogens with two attached hydrogens (primary N) is 1. The molecule has 0 fully saturated rings. The van der Waals surface area contributed by atoms with Crippen molar-refractivity contribution < 1.29 is 19.5 Å². The summed E-state index contributed by atoms with van der Waals surface area (Å²) >= 11 is 0. The van der Waals surface area contributed by atoms with Gasteiger partial charge in [0.05, 0.1) is 5.92 Å². The molecule has 0 radical (unpaired) electrons. The van der Waals surface area contributed by atoms with Gasteiger partial charge in [-0.3, -0.25) is 4.79 Å². The van der Waals surface area contributed by atoms with Crippen molar-refractivity contribution >= 4 is 17.9 Å². The molecule has 0 unspecified atom stereocenters.